The minimum absolute atomic E-state index is 0.0954. The number of hydrogen-bond donors (Lipinski definition) is 2. The van der Waals surface area contributed by atoms with E-state index in [2.05, 4.69) is 15.8 Å². The predicted octanol–water partition coefficient (Wildman–Crippen LogP) is 3.64. The fraction of sp³-hybridized carbons (Fsp3) is 0.348. The van der Waals surface area contributed by atoms with Crippen LogP contribution in [0.3, 0.4) is 0 Å². The molecule has 0 aliphatic carbocycles. The number of carbonyl (C=O) groups excluding carboxylic acids is 2. The second-order valence-corrected chi connectivity index (χ2v) is 9.00. The van der Waals surface area contributed by atoms with Crippen molar-refractivity contribution < 1.29 is 19.2 Å². The Morgan fingerprint density at radius 2 is 1.89 bits per heavy atom. The third-order valence-electron chi connectivity index (χ3n) is 5.36. The highest BCUT2D eigenvalue weighted by Crippen LogP contribution is 2.25. The monoisotopic (exact) mass is 521 g/mol. The number of halogens is 2. The summed E-state index contributed by atoms with van der Waals surface area (Å²) in [5.74, 6) is -1.34. The number of anilines is 1. The van der Waals surface area contributed by atoms with Crippen molar-refractivity contribution in [3.05, 3.63) is 67.7 Å². The molecular formula is C23H25Cl2N5O5. The Bertz CT molecular complexity index is 1140. The van der Waals surface area contributed by atoms with Crippen LogP contribution in [0.25, 0.3) is 0 Å². The lowest BCUT2D eigenvalue weighted by molar-refractivity contribution is -0.384. The summed E-state index contributed by atoms with van der Waals surface area (Å²) >= 11 is 12.0. The molecule has 1 aliphatic heterocycles. The molecule has 186 valence electrons. The molecule has 10 nitrogen and oxygen atoms in total. The highest BCUT2D eigenvalue weighted by atomic mass is 35.5. The summed E-state index contributed by atoms with van der Waals surface area (Å²) in [7, 11) is 0. The first-order valence-corrected chi connectivity index (χ1v) is 11.6. The van der Waals surface area contributed by atoms with Crippen LogP contribution < -0.4 is 15.6 Å². The number of nitro groups is 1. The van der Waals surface area contributed by atoms with E-state index in [9.17, 15) is 19.7 Å². The third kappa shape index (κ3) is 6.91. The van der Waals surface area contributed by atoms with Crippen molar-refractivity contribution in [2.45, 2.75) is 19.9 Å². The van der Waals surface area contributed by atoms with Crippen LogP contribution in [0, 0.1) is 16.0 Å². The molecule has 1 atom stereocenters. The topological polar surface area (TPSA) is 126 Å². The van der Waals surface area contributed by atoms with E-state index in [1.54, 1.807) is 19.9 Å². The molecule has 0 aromatic heterocycles. The largest absolute Gasteiger partial charge is 0.378 e. The van der Waals surface area contributed by atoms with Gasteiger partial charge in [-0.15, -0.1) is 0 Å². The van der Waals surface area contributed by atoms with Crippen LogP contribution in [0.4, 0.5) is 11.4 Å². The Labute approximate surface area is 212 Å². The Hall–Kier alpha value is -3.21. The van der Waals surface area contributed by atoms with Crippen molar-refractivity contribution in [3.8, 4) is 0 Å². The second kappa shape index (κ2) is 12.0. The summed E-state index contributed by atoms with van der Waals surface area (Å²) in [4.78, 5) is 38.3. The zero-order valence-electron chi connectivity index (χ0n) is 19.2. The molecule has 0 bridgehead atoms. The average molecular weight is 522 g/mol. The molecule has 35 heavy (non-hydrogen) atoms. The van der Waals surface area contributed by atoms with Gasteiger partial charge in [0.25, 0.3) is 17.5 Å². The molecule has 1 heterocycles. The van der Waals surface area contributed by atoms with Gasteiger partial charge in [-0.05, 0) is 30.2 Å². The number of nitrogens with one attached hydrogen (secondary N) is 2. The van der Waals surface area contributed by atoms with Crippen LogP contribution in [0.15, 0.2) is 41.5 Å². The lowest BCUT2D eigenvalue weighted by Crippen LogP contribution is -2.48. The molecule has 0 radical (unpaired) electrons. The molecule has 12 heteroatoms. The van der Waals surface area contributed by atoms with Crippen molar-refractivity contribution in [1.82, 2.24) is 10.7 Å². The Kier molecular flexibility index (Phi) is 9.02. The molecule has 0 saturated carbocycles. The number of nitro benzene ring substituents is 1. The van der Waals surface area contributed by atoms with E-state index >= 15 is 0 Å². The number of rotatable bonds is 8. The predicted molar refractivity (Wildman–Crippen MR) is 134 cm³/mol. The first-order chi connectivity index (χ1) is 16.7. The first-order valence-electron chi connectivity index (χ1n) is 10.9. The number of non-ortho nitro benzene ring substituents is 1. The van der Waals surface area contributed by atoms with E-state index < -0.39 is 22.8 Å². The van der Waals surface area contributed by atoms with Gasteiger partial charge < -0.3 is 15.0 Å². The molecule has 2 aromatic rings. The summed E-state index contributed by atoms with van der Waals surface area (Å²) in [6, 6.07) is 8.01. The van der Waals surface area contributed by atoms with Crippen molar-refractivity contribution in [2.75, 3.05) is 31.2 Å². The number of amides is 2. The smallest absolute Gasteiger partial charge is 0.270 e. The van der Waals surface area contributed by atoms with Crippen molar-refractivity contribution >= 4 is 52.6 Å². The number of nitrogens with zero attached hydrogens (tertiary/aromatic N) is 3. The summed E-state index contributed by atoms with van der Waals surface area (Å²) in [5, 5.41) is 18.5. The van der Waals surface area contributed by atoms with Crippen molar-refractivity contribution in [3.63, 3.8) is 0 Å². The molecular weight excluding hydrogens is 497 g/mol. The summed E-state index contributed by atoms with van der Waals surface area (Å²) in [6.07, 6.45) is 1.35. The van der Waals surface area contributed by atoms with E-state index in [1.807, 2.05) is 4.90 Å². The normalized spacial score (nSPS) is 14.7. The number of hydrogen-bond acceptors (Lipinski definition) is 7. The molecule has 1 fully saturated rings. The minimum atomic E-state index is -0.907. The Morgan fingerprint density at radius 1 is 1.17 bits per heavy atom. The number of ether oxygens (including phenoxy) is 1. The maximum absolute atomic E-state index is 12.8. The standard InChI is InChI=1S/C23H25Cl2N5O5/c1-14(2)21(27-22(31)18-5-3-16(24)12-19(18)25)23(32)28-26-13-15-11-17(30(33)34)4-6-20(15)29-7-9-35-10-8-29/h3-6,11-14,21H,7-10H2,1-2H3,(H,27,31)(H,28,32). The van der Waals surface area contributed by atoms with Crippen LogP contribution in [-0.2, 0) is 9.53 Å². The van der Waals surface area contributed by atoms with Gasteiger partial charge in [0.2, 0.25) is 0 Å². The highest BCUT2D eigenvalue weighted by Gasteiger charge is 2.25. The number of morpholine rings is 1. The van der Waals surface area contributed by atoms with Gasteiger partial charge in [-0.25, -0.2) is 5.43 Å². The van der Waals surface area contributed by atoms with Gasteiger partial charge in [0.1, 0.15) is 6.04 Å². The second-order valence-electron chi connectivity index (χ2n) is 8.15. The van der Waals surface area contributed by atoms with Gasteiger partial charge in [0.05, 0.1) is 34.9 Å². The molecule has 1 unspecified atom stereocenters. The van der Waals surface area contributed by atoms with Crippen LogP contribution in [0.1, 0.15) is 29.8 Å². The van der Waals surface area contributed by atoms with E-state index in [-0.39, 0.29) is 22.2 Å². The molecule has 2 amide bonds. The molecule has 3 rings (SSSR count). The maximum atomic E-state index is 12.8. The van der Waals surface area contributed by atoms with E-state index in [0.29, 0.717) is 36.9 Å². The zero-order chi connectivity index (χ0) is 25.5. The minimum Gasteiger partial charge on any atom is -0.378 e. The van der Waals surface area contributed by atoms with Crippen LogP contribution in [0.2, 0.25) is 10.0 Å². The first kappa shape index (κ1) is 26.4. The fourth-order valence-electron chi connectivity index (χ4n) is 3.51. The van der Waals surface area contributed by atoms with Gasteiger partial charge in [-0.1, -0.05) is 37.0 Å². The molecule has 1 saturated heterocycles. The zero-order valence-corrected chi connectivity index (χ0v) is 20.7. The van der Waals surface area contributed by atoms with E-state index in [1.165, 1.54) is 36.5 Å². The maximum Gasteiger partial charge on any atom is 0.270 e. The molecule has 1 aliphatic rings. The lowest BCUT2D eigenvalue weighted by atomic mass is 10.0. The fourth-order valence-corrected chi connectivity index (χ4v) is 4.01. The quantitative estimate of drug-likeness (QED) is 0.310. The summed E-state index contributed by atoms with van der Waals surface area (Å²) in [5.41, 5.74) is 3.72. The van der Waals surface area contributed by atoms with Crippen molar-refractivity contribution in [2.24, 2.45) is 11.0 Å². The number of hydrazone groups is 1. The van der Waals surface area contributed by atoms with E-state index in [4.69, 9.17) is 27.9 Å². The molecule has 2 N–H and O–H groups in total. The van der Waals surface area contributed by atoms with Gasteiger partial charge in [-0.3, -0.25) is 19.7 Å². The van der Waals surface area contributed by atoms with Crippen LogP contribution in [-0.4, -0.2) is 55.3 Å². The molecule has 0 spiro atoms. The van der Waals surface area contributed by atoms with Gasteiger partial charge in [-0.2, -0.15) is 5.10 Å². The van der Waals surface area contributed by atoms with E-state index in [0.717, 1.165) is 5.69 Å². The highest BCUT2D eigenvalue weighted by molar-refractivity contribution is 6.36. The van der Waals surface area contributed by atoms with Crippen LogP contribution in [0.5, 0.6) is 0 Å². The van der Waals surface area contributed by atoms with Gasteiger partial charge in [0.15, 0.2) is 0 Å². The SMILES string of the molecule is CC(C)C(NC(=O)c1ccc(Cl)cc1Cl)C(=O)NN=Cc1cc([N+](=O)[O-])ccc1N1CCOCC1. The van der Waals surface area contributed by atoms with Crippen molar-refractivity contribution in [1.29, 1.82) is 0 Å². The number of carbonyl (C=O) groups is 2. The third-order valence-corrected chi connectivity index (χ3v) is 5.91. The molecule has 2 aromatic carbocycles. The summed E-state index contributed by atoms with van der Waals surface area (Å²) in [6.45, 7) is 5.87. The van der Waals surface area contributed by atoms with Gasteiger partial charge >= 0.3 is 0 Å². The lowest BCUT2D eigenvalue weighted by Gasteiger charge is -2.29. The Balaban J connectivity index is 1.75. The summed E-state index contributed by atoms with van der Waals surface area (Å²) < 4.78 is 5.37. The number of benzene rings is 2. The van der Waals surface area contributed by atoms with Crippen LogP contribution >= 0.6 is 23.2 Å². The average Bonchev–Trinajstić information content (AvgIpc) is 2.82. The van der Waals surface area contributed by atoms with Gasteiger partial charge in [0, 0.05) is 41.5 Å². The Morgan fingerprint density at radius 3 is 2.51 bits per heavy atom.